The fourth-order valence-electron chi connectivity index (χ4n) is 2.06. The van der Waals surface area contributed by atoms with Gasteiger partial charge in [0, 0.05) is 11.6 Å². The van der Waals surface area contributed by atoms with Crippen molar-refractivity contribution in [1.82, 2.24) is 9.55 Å². The van der Waals surface area contributed by atoms with Gasteiger partial charge in [0.2, 0.25) is 5.95 Å². The number of nitrogen functional groups attached to an aromatic ring is 1. The fraction of sp³-hybridized carbons (Fsp3) is 0.364. The molecule has 1 aliphatic rings. The molecule has 0 aliphatic heterocycles. The van der Waals surface area contributed by atoms with E-state index in [9.17, 15) is 4.39 Å². The molecule has 0 atom stereocenters. The van der Waals surface area contributed by atoms with Crippen molar-refractivity contribution in [1.29, 1.82) is 0 Å². The zero-order chi connectivity index (χ0) is 11.5. The van der Waals surface area contributed by atoms with Crippen LogP contribution in [0.25, 0.3) is 11.0 Å². The summed E-state index contributed by atoms with van der Waals surface area (Å²) in [6.45, 7) is 2.14. The number of anilines is 1. The van der Waals surface area contributed by atoms with E-state index in [-0.39, 0.29) is 11.4 Å². The molecule has 1 fully saturated rings. The Morgan fingerprint density at radius 3 is 2.81 bits per heavy atom. The minimum Gasteiger partial charge on any atom is -0.369 e. The topological polar surface area (TPSA) is 43.8 Å². The Morgan fingerprint density at radius 2 is 2.19 bits per heavy atom. The number of nitrogens with zero attached hydrogens (tertiary/aromatic N) is 2. The van der Waals surface area contributed by atoms with Gasteiger partial charge in [-0.2, -0.15) is 0 Å². The van der Waals surface area contributed by atoms with Gasteiger partial charge in [-0.25, -0.2) is 9.37 Å². The normalized spacial score (nSPS) is 17.9. The Labute approximate surface area is 101 Å². The quantitative estimate of drug-likeness (QED) is 0.874. The molecular weight excluding hydrogens is 273 g/mol. The van der Waals surface area contributed by atoms with Crippen LogP contribution in [0.4, 0.5) is 10.3 Å². The second-order valence-electron chi connectivity index (χ2n) is 4.56. The van der Waals surface area contributed by atoms with Crippen LogP contribution in [-0.2, 0) is 5.54 Å². The Bertz CT molecular complexity index is 586. The van der Waals surface area contributed by atoms with Crippen LogP contribution >= 0.6 is 15.9 Å². The lowest BCUT2D eigenvalue weighted by Crippen LogP contribution is -2.14. The van der Waals surface area contributed by atoms with E-state index in [0.29, 0.717) is 15.9 Å². The van der Waals surface area contributed by atoms with Gasteiger partial charge in [-0.1, -0.05) is 0 Å². The van der Waals surface area contributed by atoms with Crippen molar-refractivity contribution in [3.8, 4) is 0 Å². The molecule has 0 unspecified atom stereocenters. The lowest BCUT2D eigenvalue weighted by atomic mass is 10.2. The van der Waals surface area contributed by atoms with Gasteiger partial charge in [0.1, 0.15) is 5.82 Å². The number of fused-ring (bicyclic) bond motifs is 1. The van der Waals surface area contributed by atoms with Crippen LogP contribution in [0.2, 0.25) is 0 Å². The summed E-state index contributed by atoms with van der Waals surface area (Å²) in [5.41, 5.74) is 7.47. The van der Waals surface area contributed by atoms with Crippen LogP contribution in [0.3, 0.4) is 0 Å². The third-order valence-electron chi connectivity index (χ3n) is 3.24. The molecule has 0 spiro atoms. The molecule has 1 saturated carbocycles. The highest BCUT2D eigenvalue weighted by atomic mass is 79.9. The monoisotopic (exact) mass is 283 g/mol. The average molecular weight is 284 g/mol. The van der Waals surface area contributed by atoms with E-state index in [2.05, 4.69) is 27.8 Å². The average Bonchev–Trinajstić information content (AvgIpc) is 2.84. The molecule has 2 aromatic rings. The first-order valence-electron chi connectivity index (χ1n) is 5.15. The van der Waals surface area contributed by atoms with E-state index in [1.807, 2.05) is 4.57 Å². The minimum atomic E-state index is -0.307. The Hall–Kier alpha value is -1.10. The number of hydrogen-bond donors (Lipinski definition) is 1. The van der Waals surface area contributed by atoms with Crippen LogP contribution < -0.4 is 5.73 Å². The summed E-state index contributed by atoms with van der Waals surface area (Å²) in [6.07, 6.45) is 2.19. The molecule has 16 heavy (non-hydrogen) atoms. The molecule has 1 aromatic carbocycles. The van der Waals surface area contributed by atoms with Gasteiger partial charge in [0.25, 0.3) is 0 Å². The second-order valence-corrected chi connectivity index (χ2v) is 5.41. The van der Waals surface area contributed by atoms with Gasteiger partial charge in [-0.05, 0) is 41.8 Å². The molecule has 3 nitrogen and oxygen atoms in total. The van der Waals surface area contributed by atoms with Crippen molar-refractivity contribution in [2.45, 2.75) is 25.3 Å². The summed E-state index contributed by atoms with van der Waals surface area (Å²) in [5.74, 6) is 0.158. The molecule has 3 rings (SSSR count). The van der Waals surface area contributed by atoms with Gasteiger partial charge < -0.3 is 10.3 Å². The lowest BCUT2D eigenvalue weighted by molar-refractivity contribution is 0.556. The smallest absolute Gasteiger partial charge is 0.201 e. The Balaban J connectivity index is 2.35. The maximum absolute atomic E-state index is 13.4. The largest absolute Gasteiger partial charge is 0.369 e. The maximum Gasteiger partial charge on any atom is 0.201 e. The highest BCUT2D eigenvalue weighted by Crippen LogP contribution is 2.46. The molecule has 1 heterocycles. The van der Waals surface area contributed by atoms with Gasteiger partial charge in [0.15, 0.2) is 0 Å². The van der Waals surface area contributed by atoms with Crippen LogP contribution in [0, 0.1) is 5.82 Å². The predicted octanol–water partition coefficient (Wildman–Crippen LogP) is 3.03. The first kappa shape index (κ1) is 10.1. The summed E-state index contributed by atoms with van der Waals surface area (Å²) in [5, 5.41) is 0. The van der Waals surface area contributed by atoms with Crippen LogP contribution in [0.1, 0.15) is 19.8 Å². The highest BCUT2D eigenvalue weighted by Gasteiger charge is 2.41. The van der Waals surface area contributed by atoms with Crippen molar-refractivity contribution in [3.63, 3.8) is 0 Å². The number of benzene rings is 1. The van der Waals surface area contributed by atoms with Gasteiger partial charge in [-0.3, -0.25) is 0 Å². The molecule has 1 aliphatic carbocycles. The van der Waals surface area contributed by atoms with Crippen molar-refractivity contribution in [2.75, 3.05) is 5.73 Å². The molecule has 0 saturated heterocycles. The second kappa shape index (κ2) is 2.97. The molecule has 1 aromatic heterocycles. The standard InChI is InChI=1S/C11H11BrFN3/c1-11(2-3-11)16-9-4-6(12)7(13)5-8(9)15-10(16)14/h4-5H,2-3H2,1H3,(H2,14,15). The Morgan fingerprint density at radius 1 is 1.50 bits per heavy atom. The van der Waals surface area contributed by atoms with Crippen molar-refractivity contribution >= 4 is 32.9 Å². The number of nitrogens with two attached hydrogens (primary N) is 1. The summed E-state index contributed by atoms with van der Waals surface area (Å²) in [6, 6.07) is 3.16. The summed E-state index contributed by atoms with van der Waals surface area (Å²) in [4.78, 5) is 4.20. The van der Waals surface area contributed by atoms with Gasteiger partial charge >= 0.3 is 0 Å². The molecule has 0 bridgehead atoms. The maximum atomic E-state index is 13.4. The molecule has 0 radical (unpaired) electrons. The van der Waals surface area contributed by atoms with E-state index in [1.165, 1.54) is 6.07 Å². The minimum absolute atomic E-state index is 0.0656. The number of hydrogen-bond acceptors (Lipinski definition) is 2. The van der Waals surface area contributed by atoms with Crippen LogP contribution in [0.15, 0.2) is 16.6 Å². The number of halogens is 2. The predicted molar refractivity (Wildman–Crippen MR) is 64.7 cm³/mol. The van der Waals surface area contributed by atoms with Crippen molar-refractivity contribution in [2.24, 2.45) is 0 Å². The van der Waals surface area contributed by atoms with E-state index in [1.54, 1.807) is 6.07 Å². The third kappa shape index (κ3) is 1.27. The van der Waals surface area contributed by atoms with E-state index in [0.717, 1.165) is 18.4 Å². The third-order valence-corrected chi connectivity index (χ3v) is 3.84. The number of rotatable bonds is 1. The number of imidazole rings is 1. The zero-order valence-electron chi connectivity index (χ0n) is 8.80. The van der Waals surface area contributed by atoms with Gasteiger partial charge in [-0.15, -0.1) is 0 Å². The molecule has 0 amide bonds. The van der Waals surface area contributed by atoms with Crippen LogP contribution in [-0.4, -0.2) is 9.55 Å². The van der Waals surface area contributed by atoms with E-state index >= 15 is 0 Å². The lowest BCUT2D eigenvalue weighted by Gasteiger charge is -2.13. The van der Waals surface area contributed by atoms with Crippen molar-refractivity contribution < 1.29 is 4.39 Å². The Kier molecular flexibility index (Phi) is 1.87. The van der Waals surface area contributed by atoms with E-state index < -0.39 is 0 Å². The van der Waals surface area contributed by atoms with Crippen molar-refractivity contribution in [3.05, 3.63) is 22.4 Å². The summed E-state index contributed by atoms with van der Waals surface area (Å²) < 4.78 is 15.8. The number of aromatic nitrogens is 2. The summed E-state index contributed by atoms with van der Waals surface area (Å²) in [7, 11) is 0. The highest BCUT2D eigenvalue weighted by molar-refractivity contribution is 9.10. The summed E-state index contributed by atoms with van der Waals surface area (Å²) >= 11 is 3.19. The fourth-order valence-corrected chi connectivity index (χ4v) is 2.39. The molecule has 2 N–H and O–H groups in total. The molecule has 5 heteroatoms. The molecule has 84 valence electrons. The zero-order valence-corrected chi connectivity index (χ0v) is 10.4. The van der Waals surface area contributed by atoms with Gasteiger partial charge in [0.05, 0.1) is 15.5 Å². The van der Waals surface area contributed by atoms with Crippen LogP contribution in [0.5, 0.6) is 0 Å². The first-order valence-corrected chi connectivity index (χ1v) is 5.94. The van der Waals surface area contributed by atoms with E-state index in [4.69, 9.17) is 5.73 Å². The molecular formula is C11H11BrFN3. The first-order chi connectivity index (χ1) is 7.51. The SMILES string of the molecule is CC1(n2c(N)nc3cc(F)c(Br)cc32)CC1.